The molecule has 0 unspecified atom stereocenters. The summed E-state index contributed by atoms with van der Waals surface area (Å²) < 4.78 is 16.2. The van der Waals surface area contributed by atoms with E-state index in [0.29, 0.717) is 29.0 Å². The summed E-state index contributed by atoms with van der Waals surface area (Å²) in [5.74, 6) is 0.622. The summed E-state index contributed by atoms with van der Waals surface area (Å²) in [5.41, 5.74) is 1.44. The second-order valence-electron chi connectivity index (χ2n) is 7.25. The predicted molar refractivity (Wildman–Crippen MR) is 114 cm³/mol. The maximum Gasteiger partial charge on any atom is 0.230 e. The Labute approximate surface area is 174 Å². The fourth-order valence-electron chi connectivity index (χ4n) is 2.74. The Morgan fingerprint density at radius 2 is 1.76 bits per heavy atom. The molecule has 2 aromatic carbocycles. The van der Waals surface area contributed by atoms with Crippen molar-refractivity contribution in [2.75, 3.05) is 5.75 Å². The van der Waals surface area contributed by atoms with E-state index >= 15 is 0 Å². The smallest absolute Gasteiger partial charge is 0.230 e. The summed E-state index contributed by atoms with van der Waals surface area (Å²) in [4.78, 5) is 12.3. The maximum atomic E-state index is 14.4. The molecule has 1 heterocycles. The number of hydrogen-bond acceptors (Lipinski definition) is 4. The molecule has 7 heteroatoms. The van der Waals surface area contributed by atoms with E-state index in [1.165, 1.54) is 17.8 Å². The first-order valence-electron chi connectivity index (χ1n) is 9.60. The van der Waals surface area contributed by atoms with E-state index in [1.807, 2.05) is 41.8 Å². The summed E-state index contributed by atoms with van der Waals surface area (Å²) in [6.45, 7) is 6.61. The highest BCUT2D eigenvalue weighted by Crippen LogP contribution is 2.27. The number of nitrogens with one attached hydrogen (secondary N) is 1. The fourth-order valence-corrected chi connectivity index (χ4v) is 3.49. The average molecular weight is 413 g/mol. The van der Waals surface area contributed by atoms with E-state index in [-0.39, 0.29) is 23.5 Å². The van der Waals surface area contributed by atoms with Crippen LogP contribution in [0.2, 0.25) is 0 Å². The van der Waals surface area contributed by atoms with E-state index in [2.05, 4.69) is 29.4 Å². The first-order valence-corrected chi connectivity index (χ1v) is 10.6. The minimum atomic E-state index is -0.353. The monoisotopic (exact) mass is 412 g/mol. The predicted octanol–water partition coefficient (Wildman–Crippen LogP) is 4.39. The van der Waals surface area contributed by atoms with Crippen molar-refractivity contribution < 1.29 is 9.18 Å². The summed E-state index contributed by atoms with van der Waals surface area (Å²) in [7, 11) is 0. The van der Waals surface area contributed by atoms with Crippen LogP contribution < -0.4 is 5.32 Å². The van der Waals surface area contributed by atoms with Crippen LogP contribution in [0.1, 0.15) is 26.3 Å². The van der Waals surface area contributed by atoms with Gasteiger partial charge in [-0.15, -0.1) is 10.2 Å². The van der Waals surface area contributed by atoms with Gasteiger partial charge in [-0.3, -0.25) is 9.36 Å². The molecule has 3 rings (SSSR count). The van der Waals surface area contributed by atoms with E-state index < -0.39 is 0 Å². The second kappa shape index (κ2) is 9.69. The van der Waals surface area contributed by atoms with Crippen LogP contribution in [0.4, 0.5) is 4.39 Å². The molecule has 0 aliphatic rings. The lowest BCUT2D eigenvalue weighted by Crippen LogP contribution is -2.37. The van der Waals surface area contributed by atoms with Crippen molar-refractivity contribution >= 4 is 17.7 Å². The van der Waals surface area contributed by atoms with Crippen molar-refractivity contribution in [2.24, 2.45) is 5.92 Å². The quantitative estimate of drug-likeness (QED) is 0.558. The summed E-state index contributed by atoms with van der Waals surface area (Å²) in [6, 6.07) is 16.5. The van der Waals surface area contributed by atoms with Crippen molar-refractivity contribution in [1.82, 2.24) is 20.1 Å². The molecule has 0 saturated carbocycles. The van der Waals surface area contributed by atoms with Crippen LogP contribution in [0, 0.1) is 11.7 Å². The highest BCUT2D eigenvalue weighted by Gasteiger charge is 2.19. The lowest BCUT2D eigenvalue weighted by atomic mass is 10.1. The summed E-state index contributed by atoms with van der Waals surface area (Å²) in [6.07, 6.45) is 0. The number of halogens is 1. The molecule has 29 heavy (non-hydrogen) atoms. The summed E-state index contributed by atoms with van der Waals surface area (Å²) >= 11 is 1.30. The molecule has 0 aliphatic heterocycles. The van der Waals surface area contributed by atoms with E-state index in [9.17, 15) is 9.18 Å². The Kier molecular flexibility index (Phi) is 7.04. The third kappa shape index (κ3) is 5.44. The molecule has 0 radical (unpaired) electrons. The van der Waals surface area contributed by atoms with E-state index in [4.69, 9.17) is 0 Å². The first kappa shape index (κ1) is 21.0. The molecule has 0 bridgehead atoms. The van der Waals surface area contributed by atoms with Crippen LogP contribution in [0.3, 0.4) is 0 Å². The zero-order chi connectivity index (χ0) is 20.8. The second-order valence-corrected chi connectivity index (χ2v) is 8.19. The van der Waals surface area contributed by atoms with E-state index in [0.717, 1.165) is 5.56 Å². The van der Waals surface area contributed by atoms with Gasteiger partial charge in [0.05, 0.1) is 17.9 Å². The highest BCUT2D eigenvalue weighted by molar-refractivity contribution is 7.99. The molecule has 1 amide bonds. The molecular weight excluding hydrogens is 387 g/mol. The molecule has 1 N–H and O–H groups in total. The number of nitrogens with zero attached hydrogens (tertiary/aromatic N) is 3. The van der Waals surface area contributed by atoms with Crippen LogP contribution in [-0.4, -0.2) is 32.5 Å². The van der Waals surface area contributed by atoms with Crippen molar-refractivity contribution in [3.8, 4) is 11.4 Å². The zero-order valence-electron chi connectivity index (χ0n) is 16.8. The molecule has 0 saturated heterocycles. The van der Waals surface area contributed by atoms with Crippen LogP contribution in [0.5, 0.6) is 0 Å². The normalized spacial score (nSPS) is 12.2. The van der Waals surface area contributed by atoms with Gasteiger partial charge in [0, 0.05) is 6.04 Å². The number of rotatable bonds is 8. The molecule has 0 aliphatic carbocycles. The molecule has 152 valence electrons. The Bertz CT molecular complexity index is 958. The number of hydrogen-bond donors (Lipinski definition) is 1. The number of thioether (sulfide) groups is 1. The minimum absolute atomic E-state index is 0.0575. The number of aromatic nitrogens is 3. The fraction of sp³-hybridized carbons (Fsp3) is 0.318. The lowest BCUT2D eigenvalue weighted by molar-refractivity contribution is -0.119. The Morgan fingerprint density at radius 1 is 1.07 bits per heavy atom. The zero-order valence-corrected chi connectivity index (χ0v) is 17.6. The Hall–Kier alpha value is -2.67. The average Bonchev–Trinajstić information content (AvgIpc) is 3.09. The van der Waals surface area contributed by atoms with Crippen molar-refractivity contribution in [2.45, 2.75) is 38.5 Å². The van der Waals surface area contributed by atoms with Crippen molar-refractivity contribution in [3.05, 3.63) is 66.0 Å². The van der Waals surface area contributed by atoms with Gasteiger partial charge in [-0.1, -0.05) is 68.1 Å². The Morgan fingerprint density at radius 3 is 2.45 bits per heavy atom. The van der Waals surface area contributed by atoms with Gasteiger partial charge >= 0.3 is 0 Å². The minimum Gasteiger partial charge on any atom is -0.353 e. The molecule has 1 atom stereocenters. The van der Waals surface area contributed by atoms with Gasteiger partial charge in [0.15, 0.2) is 11.0 Å². The van der Waals surface area contributed by atoms with Gasteiger partial charge in [0.25, 0.3) is 0 Å². The number of benzene rings is 2. The summed E-state index contributed by atoms with van der Waals surface area (Å²) in [5, 5.41) is 12.0. The van der Waals surface area contributed by atoms with Gasteiger partial charge in [0.2, 0.25) is 5.91 Å². The van der Waals surface area contributed by atoms with Crippen LogP contribution in [0.15, 0.2) is 59.8 Å². The largest absolute Gasteiger partial charge is 0.353 e. The van der Waals surface area contributed by atoms with E-state index in [1.54, 1.807) is 18.2 Å². The van der Waals surface area contributed by atoms with Crippen LogP contribution >= 0.6 is 11.8 Å². The first-order chi connectivity index (χ1) is 14.0. The third-order valence-corrected chi connectivity index (χ3v) is 5.70. The van der Waals surface area contributed by atoms with Crippen LogP contribution in [-0.2, 0) is 11.3 Å². The topological polar surface area (TPSA) is 59.8 Å². The van der Waals surface area contributed by atoms with Gasteiger partial charge in [0.1, 0.15) is 5.82 Å². The SMILES string of the molecule is CC(C)[C@H](C)NC(=O)CSc1nnc(-c2ccccc2F)n1Cc1ccccc1. The van der Waals surface area contributed by atoms with Gasteiger partial charge in [-0.05, 0) is 30.5 Å². The molecule has 1 aromatic heterocycles. The molecule has 5 nitrogen and oxygen atoms in total. The van der Waals surface area contributed by atoms with Crippen molar-refractivity contribution in [3.63, 3.8) is 0 Å². The van der Waals surface area contributed by atoms with Crippen molar-refractivity contribution in [1.29, 1.82) is 0 Å². The van der Waals surface area contributed by atoms with Gasteiger partial charge < -0.3 is 5.32 Å². The molecule has 0 spiro atoms. The maximum absolute atomic E-state index is 14.4. The lowest BCUT2D eigenvalue weighted by Gasteiger charge is -2.17. The molecular formula is C22H25FN4OS. The van der Waals surface area contributed by atoms with Gasteiger partial charge in [-0.25, -0.2) is 4.39 Å². The molecule has 3 aromatic rings. The van der Waals surface area contributed by atoms with Crippen LogP contribution in [0.25, 0.3) is 11.4 Å². The van der Waals surface area contributed by atoms with Gasteiger partial charge in [-0.2, -0.15) is 0 Å². The third-order valence-electron chi connectivity index (χ3n) is 4.74. The molecule has 0 fully saturated rings. The standard InChI is InChI=1S/C22H25FN4OS/c1-15(2)16(3)24-20(28)14-29-22-26-25-21(18-11-7-8-12-19(18)23)27(22)13-17-9-5-4-6-10-17/h4-12,15-16H,13-14H2,1-3H3,(H,24,28)/t16-/m0/s1. The Balaban J connectivity index is 1.85. The number of carbonyl (C=O) groups is 1. The number of amides is 1. The highest BCUT2D eigenvalue weighted by atomic mass is 32.2. The number of carbonyl (C=O) groups excluding carboxylic acids is 1.